The first-order valence-electron chi connectivity index (χ1n) is 4.14. The summed E-state index contributed by atoms with van der Waals surface area (Å²) in [6.45, 7) is 4.23. The summed E-state index contributed by atoms with van der Waals surface area (Å²) in [6.07, 6.45) is 0. The van der Waals surface area contributed by atoms with Crippen LogP contribution in [0.1, 0.15) is 12.5 Å². The predicted octanol–water partition coefficient (Wildman–Crippen LogP) is 1.09. The average Bonchev–Trinajstić information content (AvgIpc) is 2.03. The molecule has 1 rings (SSSR count). The third kappa shape index (κ3) is 2.98. The van der Waals surface area contributed by atoms with E-state index in [-0.39, 0.29) is 0 Å². The van der Waals surface area contributed by atoms with Crippen molar-refractivity contribution in [3.63, 3.8) is 0 Å². The van der Waals surface area contributed by atoms with Crippen molar-refractivity contribution >= 4 is 19.4 Å². The summed E-state index contributed by atoms with van der Waals surface area (Å²) >= 11 is 0.555. The molecule has 0 aliphatic carbocycles. The van der Waals surface area contributed by atoms with Gasteiger partial charge in [0.25, 0.3) is 0 Å². The van der Waals surface area contributed by atoms with Crippen LogP contribution in [0.15, 0.2) is 24.3 Å². The number of benzene rings is 1. The Kier molecular flexibility index (Phi) is 3.80. The van der Waals surface area contributed by atoms with Crippen LogP contribution in [-0.2, 0) is 0 Å². The van der Waals surface area contributed by atoms with Gasteiger partial charge >= 0.3 is 80.2 Å². The van der Waals surface area contributed by atoms with Crippen LogP contribution in [0, 0.1) is 6.92 Å². The summed E-state index contributed by atoms with van der Waals surface area (Å²) in [5.41, 5.74) is 7.11. The fourth-order valence-corrected chi connectivity index (χ4v) is 2.86. The minimum absolute atomic E-state index is 0.338. The predicted molar refractivity (Wildman–Crippen MR) is 55.0 cm³/mol. The van der Waals surface area contributed by atoms with Crippen molar-refractivity contribution in [2.24, 2.45) is 5.73 Å². The van der Waals surface area contributed by atoms with E-state index in [1.807, 2.05) is 0 Å². The van der Waals surface area contributed by atoms with E-state index in [1.54, 1.807) is 0 Å². The molecule has 1 nitrogen and oxygen atoms in total. The first kappa shape index (κ1) is 9.78. The second kappa shape index (κ2) is 4.66. The normalized spacial score (nSPS) is 12.9. The van der Waals surface area contributed by atoms with Gasteiger partial charge in [0.15, 0.2) is 0 Å². The molecule has 0 radical (unpaired) electrons. The zero-order valence-electron chi connectivity index (χ0n) is 7.58. The third-order valence-corrected chi connectivity index (χ3v) is 4.66. The molecule has 0 aliphatic rings. The van der Waals surface area contributed by atoms with Crippen LogP contribution < -0.4 is 10.2 Å². The second-order valence-corrected chi connectivity index (χ2v) is 5.28. The third-order valence-electron chi connectivity index (χ3n) is 1.60. The van der Waals surface area contributed by atoms with Crippen molar-refractivity contribution in [1.29, 1.82) is 0 Å². The van der Waals surface area contributed by atoms with Crippen LogP contribution in [0.25, 0.3) is 0 Å². The Morgan fingerprint density at radius 3 is 2.67 bits per heavy atom. The van der Waals surface area contributed by atoms with Gasteiger partial charge in [-0.3, -0.25) is 0 Å². The fraction of sp³-hybridized carbons (Fsp3) is 0.400. The molecule has 0 bridgehead atoms. The van der Waals surface area contributed by atoms with Crippen LogP contribution in [0.4, 0.5) is 0 Å². The zero-order valence-corrected chi connectivity index (χ0v) is 9.29. The molecule has 0 aromatic heterocycles. The Morgan fingerprint density at radius 1 is 1.42 bits per heavy atom. The molecule has 1 unspecified atom stereocenters. The summed E-state index contributed by atoms with van der Waals surface area (Å²) < 4.78 is 1.49. The number of hydrogen-bond donors (Lipinski definition) is 1. The van der Waals surface area contributed by atoms with Gasteiger partial charge in [-0.25, -0.2) is 0 Å². The van der Waals surface area contributed by atoms with E-state index in [0.717, 1.165) is 5.32 Å². The molecule has 1 aromatic rings. The number of rotatable bonds is 3. The van der Waals surface area contributed by atoms with Crippen molar-refractivity contribution in [2.45, 2.75) is 25.2 Å². The Labute approximate surface area is 80.5 Å². The molecule has 66 valence electrons. The summed E-state index contributed by atoms with van der Waals surface area (Å²) in [5, 5.41) is 1.14. The second-order valence-electron chi connectivity index (χ2n) is 3.05. The molecule has 0 spiro atoms. The Bertz CT molecular complexity index is 245. The molecule has 0 heterocycles. The van der Waals surface area contributed by atoms with Crippen molar-refractivity contribution in [3.8, 4) is 0 Å². The molecule has 12 heavy (non-hydrogen) atoms. The van der Waals surface area contributed by atoms with Gasteiger partial charge in [-0.1, -0.05) is 0 Å². The SMILES string of the molecule is Cc1ccccc1[Se]CC(C)N. The van der Waals surface area contributed by atoms with Gasteiger partial charge in [0.2, 0.25) is 0 Å². The quantitative estimate of drug-likeness (QED) is 0.770. The van der Waals surface area contributed by atoms with Crippen LogP contribution >= 0.6 is 0 Å². The number of nitrogens with two attached hydrogens (primary N) is 1. The topological polar surface area (TPSA) is 26.0 Å². The standard InChI is InChI=1S/C10H15NSe/c1-8-5-3-4-6-10(8)12-7-9(2)11/h3-6,9H,7,11H2,1-2H3. The molecular weight excluding hydrogens is 213 g/mol. The van der Waals surface area contributed by atoms with Gasteiger partial charge < -0.3 is 0 Å². The molecule has 0 saturated carbocycles. The zero-order chi connectivity index (χ0) is 8.97. The molecule has 0 amide bonds. The van der Waals surface area contributed by atoms with E-state index in [0.29, 0.717) is 21.0 Å². The van der Waals surface area contributed by atoms with Gasteiger partial charge in [-0.15, -0.1) is 0 Å². The van der Waals surface area contributed by atoms with E-state index in [9.17, 15) is 0 Å². The molecular formula is C10H15NSe. The number of aryl methyl sites for hydroxylation is 1. The Morgan fingerprint density at radius 2 is 2.08 bits per heavy atom. The fourth-order valence-electron chi connectivity index (χ4n) is 0.940. The van der Waals surface area contributed by atoms with Gasteiger partial charge in [0, 0.05) is 0 Å². The van der Waals surface area contributed by atoms with E-state index >= 15 is 0 Å². The van der Waals surface area contributed by atoms with Crippen molar-refractivity contribution in [1.82, 2.24) is 0 Å². The molecule has 2 heteroatoms. The minimum atomic E-state index is 0.338. The first-order valence-corrected chi connectivity index (χ1v) is 6.21. The van der Waals surface area contributed by atoms with Crippen LogP contribution in [-0.4, -0.2) is 21.0 Å². The number of hydrogen-bond acceptors (Lipinski definition) is 1. The monoisotopic (exact) mass is 229 g/mol. The van der Waals surface area contributed by atoms with E-state index in [2.05, 4.69) is 38.1 Å². The van der Waals surface area contributed by atoms with E-state index < -0.39 is 0 Å². The molecule has 2 N–H and O–H groups in total. The maximum atomic E-state index is 5.71. The van der Waals surface area contributed by atoms with Gasteiger partial charge in [-0.2, -0.15) is 0 Å². The van der Waals surface area contributed by atoms with E-state index in [4.69, 9.17) is 5.73 Å². The van der Waals surface area contributed by atoms with Crippen LogP contribution in [0.2, 0.25) is 5.32 Å². The first-order chi connectivity index (χ1) is 5.70. The van der Waals surface area contributed by atoms with Crippen molar-refractivity contribution in [3.05, 3.63) is 29.8 Å². The van der Waals surface area contributed by atoms with Crippen molar-refractivity contribution < 1.29 is 0 Å². The summed E-state index contributed by atoms with van der Waals surface area (Å²) in [6, 6.07) is 8.90. The summed E-state index contributed by atoms with van der Waals surface area (Å²) in [4.78, 5) is 0. The van der Waals surface area contributed by atoms with Gasteiger partial charge in [0.1, 0.15) is 0 Å². The molecule has 1 aromatic carbocycles. The van der Waals surface area contributed by atoms with Crippen molar-refractivity contribution in [2.75, 3.05) is 0 Å². The van der Waals surface area contributed by atoms with Crippen LogP contribution in [0.3, 0.4) is 0 Å². The summed E-state index contributed by atoms with van der Waals surface area (Å²) in [7, 11) is 0. The molecule has 0 aliphatic heterocycles. The summed E-state index contributed by atoms with van der Waals surface area (Å²) in [5.74, 6) is 0. The Hall–Kier alpha value is -0.301. The van der Waals surface area contributed by atoms with Gasteiger partial charge in [0.05, 0.1) is 0 Å². The molecule has 0 fully saturated rings. The molecule has 1 atom stereocenters. The van der Waals surface area contributed by atoms with Gasteiger partial charge in [-0.05, 0) is 0 Å². The molecule has 0 saturated heterocycles. The Balaban J connectivity index is 2.57. The maximum absolute atomic E-state index is 5.71. The van der Waals surface area contributed by atoms with E-state index in [1.165, 1.54) is 10.0 Å². The average molecular weight is 228 g/mol. The van der Waals surface area contributed by atoms with Crippen LogP contribution in [0.5, 0.6) is 0 Å².